The molecule has 0 aromatic heterocycles. The highest BCUT2D eigenvalue weighted by atomic mass is 35.5. The van der Waals surface area contributed by atoms with Crippen LogP contribution in [-0.4, -0.2) is 0 Å². The first-order valence-electron chi connectivity index (χ1n) is 3.83. The summed E-state index contributed by atoms with van der Waals surface area (Å²) in [5.41, 5.74) is -0.935. The second kappa shape index (κ2) is 3.77. The van der Waals surface area contributed by atoms with Gasteiger partial charge in [-0.25, -0.2) is 4.39 Å². The zero-order valence-electron chi connectivity index (χ0n) is 7.20. The van der Waals surface area contributed by atoms with E-state index in [1.807, 2.05) is 0 Å². The normalized spacial score (nSPS) is 14.1. The lowest BCUT2D eigenvalue weighted by Crippen LogP contribution is -2.06. The van der Waals surface area contributed by atoms with Crippen LogP contribution in [0.15, 0.2) is 18.2 Å². The molecule has 0 N–H and O–H groups in total. The Hall–Kier alpha value is -0.770. The third-order valence-electron chi connectivity index (χ3n) is 1.76. The van der Waals surface area contributed by atoms with Crippen LogP contribution in [0, 0.1) is 5.82 Å². The van der Waals surface area contributed by atoms with Crippen LogP contribution in [0.25, 0.3) is 0 Å². The van der Waals surface area contributed by atoms with Gasteiger partial charge in [0.1, 0.15) is 5.82 Å². The number of halogens is 5. The van der Waals surface area contributed by atoms with Crippen molar-refractivity contribution in [2.24, 2.45) is 0 Å². The number of hydrogen-bond acceptors (Lipinski definition) is 0. The van der Waals surface area contributed by atoms with E-state index < -0.39 is 22.9 Å². The van der Waals surface area contributed by atoms with Crippen LogP contribution in [0.3, 0.4) is 0 Å². The Balaban J connectivity index is 3.13. The molecule has 0 aliphatic carbocycles. The van der Waals surface area contributed by atoms with E-state index in [-0.39, 0.29) is 5.56 Å². The van der Waals surface area contributed by atoms with E-state index in [1.165, 1.54) is 6.92 Å². The molecule has 0 saturated heterocycles. The quantitative estimate of drug-likeness (QED) is 0.499. The number of benzene rings is 1. The van der Waals surface area contributed by atoms with Gasteiger partial charge in [0.25, 0.3) is 0 Å². The highest BCUT2D eigenvalue weighted by molar-refractivity contribution is 6.20. The molecule has 5 heteroatoms. The lowest BCUT2D eigenvalue weighted by atomic mass is 10.1. The van der Waals surface area contributed by atoms with Crippen molar-refractivity contribution in [1.29, 1.82) is 0 Å². The Morgan fingerprint density at radius 3 is 2.21 bits per heavy atom. The first-order valence-corrected chi connectivity index (χ1v) is 4.26. The maximum absolute atomic E-state index is 13.0. The maximum Gasteiger partial charge on any atom is 0.416 e. The van der Waals surface area contributed by atoms with Gasteiger partial charge in [0.05, 0.1) is 10.9 Å². The minimum absolute atomic E-state index is 0.0691. The number of hydrogen-bond donors (Lipinski definition) is 0. The first kappa shape index (κ1) is 11.3. The predicted molar refractivity (Wildman–Crippen MR) is 45.7 cm³/mol. The molecule has 78 valence electrons. The molecule has 0 spiro atoms. The van der Waals surface area contributed by atoms with Crippen molar-refractivity contribution >= 4 is 11.6 Å². The topological polar surface area (TPSA) is 0 Å². The standard InChI is InChI=1S/C9H7ClF4/c1-5(10)7-3-2-6(4-8(7)11)9(12,13)14/h2-5H,1H3. The molecular weight excluding hydrogens is 220 g/mol. The van der Waals surface area contributed by atoms with E-state index in [4.69, 9.17) is 11.6 Å². The smallest absolute Gasteiger partial charge is 0.207 e. The fourth-order valence-corrected chi connectivity index (χ4v) is 1.20. The van der Waals surface area contributed by atoms with Gasteiger partial charge in [-0.1, -0.05) is 6.07 Å². The Morgan fingerprint density at radius 1 is 1.29 bits per heavy atom. The molecule has 0 fully saturated rings. The molecule has 0 nitrogen and oxygen atoms in total. The minimum atomic E-state index is -4.52. The summed E-state index contributed by atoms with van der Waals surface area (Å²) in [5.74, 6) is -0.928. The lowest BCUT2D eigenvalue weighted by molar-refractivity contribution is -0.137. The zero-order valence-corrected chi connectivity index (χ0v) is 7.96. The van der Waals surface area contributed by atoms with Crippen molar-refractivity contribution in [3.8, 4) is 0 Å². The Bertz CT molecular complexity index is 330. The molecule has 1 unspecified atom stereocenters. The van der Waals surface area contributed by atoms with Crippen LogP contribution in [-0.2, 0) is 6.18 Å². The van der Waals surface area contributed by atoms with Crippen LogP contribution < -0.4 is 0 Å². The molecule has 1 aromatic rings. The van der Waals surface area contributed by atoms with E-state index in [2.05, 4.69) is 0 Å². The van der Waals surface area contributed by atoms with E-state index in [9.17, 15) is 17.6 Å². The summed E-state index contributed by atoms with van der Waals surface area (Å²) in [6, 6.07) is 2.32. The van der Waals surface area contributed by atoms with Crippen molar-refractivity contribution in [2.45, 2.75) is 18.5 Å². The summed E-state index contributed by atoms with van der Waals surface area (Å²) in [7, 11) is 0. The largest absolute Gasteiger partial charge is 0.416 e. The molecule has 0 amide bonds. The highest BCUT2D eigenvalue weighted by Gasteiger charge is 2.31. The van der Waals surface area contributed by atoms with E-state index >= 15 is 0 Å². The Morgan fingerprint density at radius 2 is 1.86 bits per heavy atom. The molecule has 0 aliphatic heterocycles. The Labute approximate surface area is 83.5 Å². The van der Waals surface area contributed by atoms with Crippen molar-refractivity contribution in [3.63, 3.8) is 0 Å². The molecule has 0 radical (unpaired) electrons. The summed E-state index contributed by atoms with van der Waals surface area (Å²) < 4.78 is 49.3. The van der Waals surface area contributed by atoms with Gasteiger partial charge in [-0.3, -0.25) is 0 Å². The average molecular weight is 227 g/mol. The van der Waals surface area contributed by atoms with E-state index in [0.29, 0.717) is 6.07 Å². The van der Waals surface area contributed by atoms with Gasteiger partial charge in [-0.2, -0.15) is 13.2 Å². The number of rotatable bonds is 1. The van der Waals surface area contributed by atoms with Gasteiger partial charge in [0.15, 0.2) is 0 Å². The SMILES string of the molecule is CC(Cl)c1ccc(C(F)(F)F)cc1F. The van der Waals surface area contributed by atoms with E-state index in [0.717, 1.165) is 12.1 Å². The molecular formula is C9H7ClF4. The summed E-state index contributed by atoms with van der Waals surface area (Å²) in [4.78, 5) is 0. The molecule has 1 atom stereocenters. The van der Waals surface area contributed by atoms with E-state index in [1.54, 1.807) is 0 Å². The predicted octanol–water partition coefficient (Wildman–Crippen LogP) is 4.14. The van der Waals surface area contributed by atoms with Gasteiger partial charge in [-0.05, 0) is 19.1 Å². The summed E-state index contributed by atoms with van der Waals surface area (Å²) >= 11 is 5.55. The van der Waals surface area contributed by atoms with Crippen LogP contribution in [0.2, 0.25) is 0 Å². The molecule has 0 bridgehead atoms. The highest BCUT2D eigenvalue weighted by Crippen LogP contribution is 2.32. The minimum Gasteiger partial charge on any atom is -0.207 e. The molecule has 14 heavy (non-hydrogen) atoms. The zero-order chi connectivity index (χ0) is 10.9. The second-order valence-electron chi connectivity index (χ2n) is 2.85. The van der Waals surface area contributed by atoms with Gasteiger partial charge >= 0.3 is 6.18 Å². The third-order valence-corrected chi connectivity index (χ3v) is 1.99. The van der Waals surface area contributed by atoms with Crippen molar-refractivity contribution < 1.29 is 17.6 Å². The third kappa shape index (κ3) is 2.38. The molecule has 0 heterocycles. The van der Waals surface area contributed by atoms with Crippen LogP contribution >= 0.6 is 11.6 Å². The fraction of sp³-hybridized carbons (Fsp3) is 0.333. The number of alkyl halides is 4. The van der Waals surface area contributed by atoms with Gasteiger partial charge in [-0.15, -0.1) is 11.6 Å². The maximum atomic E-state index is 13.0. The fourth-order valence-electron chi connectivity index (χ4n) is 1.03. The van der Waals surface area contributed by atoms with Crippen LogP contribution in [0.1, 0.15) is 23.4 Å². The summed E-state index contributed by atoms with van der Waals surface area (Å²) in [6.45, 7) is 1.49. The molecule has 1 aromatic carbocycles. The second-order valence-corrected chi connectivity index (χ2v) is 3.50. The molecule has 0 aliphatic rings. The monoisotopic (exact) mass is 226 g/mol. The lowest BCUT2D eigenvalue weighted by Gasteiger charge is -2.09. The van der Waals surface area contributed by atoms with Crippen LogP contribution in [0.4, 0.5) is 17.6 Å². The van der Waals surface area contributed by atoms with Crippen LogP contribution in [0.5, 0.6) is 0 Å². The molecule has 1 rings (SSSR count). The van der Waals surface area contributed by atoms with Gasteiger partial charge in [0.2, 0.25) is 0 Å². The van der Waals surface area contributed by atoms with Gasteiger partial charge in [0, 0.05) is 5.56 Å². The summed E-state index contributed by atoms with van der Waals surface area (Å²) in [5, 5.41) is -0.641. The van der Waals surface area contributed by atoms with Crippen molar-refractivity contribution in [2.75, 3.05) is 0 Å². The van der Waals surface area contributed by atoms with Crippen molar-refractivity contribution in [1.82, 2.24) is 0 Å². The van der Waals surface area contributed by atoms with Crippen molar-refractivity contribution in [3.05, 3.63) is 35.1 Å². The average Bonchev–Trinajstić information content (AvgIpc) is 2.01. The molecule has 0 saturated carbocycles. The first-order chi connectivity index (χ1) is 6.32. The Kier molecular flexibility index (Phi) is 3.04. The summed E-state index contributed by atoms with van der Waals surface area (Å²) in [6.07, 6.45) is -4.52. The van der Waals surface area contributed by atoms with Gasteiger partial charge < -0.3 is 0 Å².